The predicted molar refractivity (Wildman–Crippen MR) is 55.3 cm³/mol. The van der Waals surface area contributed by atoms with Gasteiger partial charge in [-0.3, -0.25) is 4.98 Å². The zero-order valence-electron chi connectivity index (χ0n) is 8.37. The van der Waals surface area contributed by atoms with Gasteiger partial charge < -0.3 is 4.74 Å². The monoisotopic (exact) mass is 212 g/mol. The Morgan fingerprint density at radius 1 is 1.31 bits per heavy atom. The van der Waals surface area contributed by atoms with Gasteiger partial charge in [0.25, 0.3) is 0 Å². The number of aromatic nitrogens is 3. The number of pyridine rings is 1. The third-order valence-corrected chi connectivity index (χ3v) is 1.88. The molecule has 0 fully saturated rings. The highest BCUT2D eigenvalue weighted by atomic mass is 16.5. The molecule has 0 atom stereocenters. The van der Waals surface area contributed by atoms with Crippen LogP contribution in [-0.4, -0.2) is 15.0 Å². The smallest absolute Gasteiger partial charge is 0.235 e. The van der Waals surface area contributed by atoms with Crippen molar-refractivity contribution in [3.05, 3.63) is 48.2 Å². The zero-order valence-corrected chi connectivity index (χ0v) is 8.37. The predicted octanol–water partition coefficient (Wildman–Crippen LogP) is 1.32. The van der Waals surface area contributed by atoms with Crippen molar-refractivity contribution in [2.75, 3.05) is 0 Å². The first-order valence-electron chi connectivity index (χ1n) is 4.63. The minimum atomic E-state index is 0.281. The van der Waals surface area contributed by atoms with Gasteiger partial charge in [-0.1, -0.05) is 6.07 Å². The molecule has 78 valence electrons. The van der Waals surface area contributed by atoms with Gasteiger partial charge in [-0.15, -0.1) is 0 Å². The van der Waals surface area contributed by atoms with Crippen LogP contribution >= 0.6 is 0 Å². The Labute approximate surface area is 92.4 Å². The van der Waals surface area contributed by atoms with E-state index in [-0.39, 0.29) is 12.5 Å². The van der Waals surface area contributed by atoms with Gasteiger partial charge >= 0.3 is 0 Å². The minimum absolute atomic E-state index is 0.281. The number of nitriles is 1. The lowest BCUT2D eigenvalue weighted by Crippen LogP contribution is -2.01. The fraction of sp³-hybridized carbons (Fsp3) is 0.0909. The third-order valence-electron chi connectivity index (χ3n) is 1.88. The molecule has 0 aliphatic carbocycles. The molecule has 2 aromatic rings. The molecule has 5 nitrogen and oxygen atoms in total. The molecule has 0 spiro atoms. The molecule has 0 radical (unpaired) electrons. The van der Waals surface area contributed by atoms with Gasteiger partial charge in [-0.2, -0.15) is 5.26 Å². The van der Waals surface area contributed by atoms with Crippen LogP contribution in [0.15, 0.2) is 36.9 Å². The molecule has 0 saturated heterocycles. The minimum Gasteiger partial charge on any atom is -0.470 e. The Morgan fingerprint density at radius 2 is 2.25 bits per heavy atom. The van der Waals surface area contributed by atoms with Gasteiger partial charge in [0.2, 0.25) is 5.88 Å². The molecule has 0 unspecified atom stereocenters. The number of rotatable bonds is 3. The summed E-state index contributed by atoms with van der Waals surface area (Å²) in [6, 6.07) is 7.50. The summed E-state index contributed by atoms with van der Waals surface area (Å²) in [6.45, 7) is 0.284. The van der Waals surface area contributed by atoms with Crippen LogP contribution in [0.4, 0.5) is 0 Å². The maximum atomic E-state index is 8.79. The number of nitrogens with zero attached hydrogens (tertiary/aromatic N) is 4. The second kappa shape index (κ2) is 4.84. The fourth-order valence-electron chi connectivity index (χ4n) is 1.14. The first kappa shape index (κ1) is 10.1. The van der Waals surface area contributed by atoms with E-state index in [1.165, 1.54) is 12.5 Å². The largest absolute Gasteiger partial charge is 0.470 e. The molecule has 16 heavy (non-hydrogen) atoms. The van der Waals surface area contributed by atoms with Crippen molar-refractivity contribution < 1.29 is 4.74 Å². The quantitative estimate of drug-likeness (QED) is 0.767. The van der Waals surface area contributed by atoms with Gasteiger partial charge in [0.15, 0.2) is 0 Å². The molecule has 0 amide bonds. The topological polar surface area (TPSA) is 71.7 Å². The van der Waals surface area contributed by atoms with Gasteiger partial charge in [-0.05, 0) is 12.1 Å². The van der Waals surface area contributed by atoms with Gasteiger partial charge in [0, 0.05) is 6.20 Å². The summed E-state index contributed by atoms with van der Waals surface area (Å²) in [5.41, 5.74) is 1.10. The van der Waals surface area contributed by atoms with Crippen molar-refractivity contribution in [3.63, 3.8) is 0 Å². The second-order valence-electron chi connectivity index (χ2n) is 2.96. The van der Waals surface area contributed by atoms with Gasteiger partial charge in [0.05, 0.1) is 11.9 Å². The van der Waals surface area contributed by atoms with E-state index in [0.29, 0.717) is 5.56 Å². The molecule has 5 heteroatoms. The average Bonchev–Trinajstić information content (AvgIpc) is 2.38. The molecule has 0 N–H and O–H groups in total. The van der Waals surface area contributed by atoms with E-state index in [2.05, 4.69) is 15.0 Å². The van der Waals surface area contributed by atoms with Crippen molar-refractivity contribution in [2.24, 2.45) is 0 Å². The van der Waals surface area contributed by atoms with Crippen LogP contribution in [-0.2, 0) is 6.61 Å². The van der Waals surface area contributed by atoms with E-state index in [1.54, 1.807) is 6.20 Å². The summed E-state index contributed by atoms with van der Waals surface area (Å²) in [4.78, 5) is 11.7. The summed E-state index contributed by atoms with van der Waals surface area (Å²) in [7, 11) is 0. The summed E-state index contributed by atoms with van der Waals surface area (Å²) in [5, 5.41) is 8.79. The molecule has 0 aromatic carbocycles. The molecular formula is C11H8N4O. The zero-order chi connectivity index (χ0) is 11.2. The molecular weight excluding hydrogens is 204 g/mol. The molecule has 2 heterocycles. The summed E-state index contributed by atoms with van der Waals surface area (Å²) in [5.74, 6) is 0.281. The van der Waals surface area contributed by atoms with Crippen LogP contribution in [0, 0.1) is 11.3 Å². The highest BCUT2D eigenvalue weighted by molar-refractivity contribution is 5.34. The lowest BCUT2D eigenvalue weighted by molar-refractivity contribution is 0.287. The first-order valence-corrected chi connectivity index (χ1v) is 4.63. The molecule has 2 aromatic heterocycles. The Hall–Kier alpha value is -2.48. The lowest BCUT2D eigenvalue weighted by atomic mass is 10.3. The Bertz CT molecular complexity index is 507. The number of hydrogen-bond acceptors (Lipinski definition) is 5. The van der Waals surface area contributed by atoms with E-state index in [9.17, 15) is 0 Å². The normalized spacial score (nSPS) is 9.44. The van der Waals surface area contributed by atoms with Gasteiger partial charge in [-0.25, -0.2) is 9.97 Å². The summed E-state index contributed by atoms with van der Waals surface area (Å²) >= 11 is 0. The number of hydrogen-bond donors (Lipinski definition) is 0. The maximum absolute atomic E-state index is 8.79. The van der Waals surface area contributed by atoms with Crippen LogP contribution in [0.2, 0.25) is 0 Å². The van der Waals surface area contributed by atoms with E-state index in [0.717, 1.165) is 5.69 Å². The van der Waals surface area contributed by atoms with Gasteiger partial charge in [0.1, 0.15) is 24.6 Å². The van der Waals surface area contributed by atoms with Crippen molar-refractivity contribution >= 4 is 0 Å². The van der Waals surface area contributed by atoms with Crippen LogP contribution in [0.1, 0.15) is 11.3 Å². The van der Waals surface area contributed by atoms with Crippen LogP contribution in [0.3, 0.4) is 0 Å². The molecule has 0 saturated carbocycles. The highest BCUT2D eigenvalue weighted by Gasteiger charge is 2.04. The standard InChI is InChI=1S/C11H8N4O/c12-5-9-6-13-8-15-11(9)16-7-10-3-1-2-4-14-10/h1-4,6,8H,7H2. The van der Waals surface area contributed by atoms with E-state index in [1.807, 2.05) is 24.3 Å². The first-order chi connectivity index (χ1) is 7.90. The van der Waals surface area contributed by atoms with Crippen molar-refractivity contribution in [1.82, 2.24) is 15.0 Å². The average molecular weight is 212 g/mol. The van der Waals surface area contributed by atoms with Crippen LogP contribution in [0.5, 0.6) is 5.88 Å². The van der Waals surface area contributed by atoms with Crippen molar-refractivity contribution in [1.29, 1.82) is 5.26 Å². The fourth-order valence-corrected chi connectivity index (χ4v) is 1.14. The molecule has 0 bridgehead atoms. The Balaban J connectivity index is 2.09. The summed E-state index contributed by atoms with van der Waals surface area (Å²) in [6.07, 6.45) is 4.44. The van der Waals surface area contributed by atoms with Crippen molar-refractivity contribution in [3.8, 4) is 11.9 Å². The Kier molecular flexibility index (Phi) is 3.04. The highest BCUT2D eigenvalue weighted by Crippen LogP contribution is 2.12. The number of ether oxygens (including phenoxy) is 1. The van der Waals surface area contributed by atoms with Crippen molar-refractivity contribution in [2.45, 2.75) is 6.61 Å². The molecule has 2 rings (SSSR count). The third kappa shape index (κ3) is 2.30. The molecule has 0 aliphatic heterocycles. The summed E-state index contributed by atoms with van der Waals surface area (Å²) < 4.78 is 5.38. The lowest BCUT2D eigenvalue weighted by Gasteiger charge is -2.04. The van der Waals surface area contributed by atoms with Crippen LogP contribution < -0.4 is 4.74 Å². The van der Waals surface area contributed by atoms with E-state index < -0.39 is 0 Å². The van der Waals surface area contributed by atoms with Crippen LogP contribution in [0.25, 0.3) is 0 Å². The Morgan fingerprint density at radius 3 is 3.00 bits per heavy atom. The maximum Gasteiger partial charge on any atom is 0.235 e. The molecule has 0 aliphatic rings. The van der Waals surface area contributed by atoms with E-state index in [4.69, 9.17) is 10.00 Å². The second-order valence-corrected chi connectivity index (χ2v) is 2.96. The van der Waals surface area contributed by atoms with E-state index >= 15 is 0 Å². The SMILES string of the molecule is N#Cc1cncnc1OCc1ccccn1.